The van der Waals surface area contributed by atoms with Crippen LogP contribution in [0.1, 0.15) is 50.1 Å². The van der Waals surface area contributed by atoms with Crippen molar-refractivity contribution >= 4 is 5.91 Å². The summed E-state index contributed by atoms with van der Waals surface area (Å²) < 4.78 is 0. The van der Waals surface area contributed by atoms with Crippen LogP contribution in [0.3, 0.4) is 0 Å². The molecular weight excluding hydrogens is 238 g/mol. The Balaban J connectivity index is 1.88. The van der Waals surface area contributed by atoms with Gasteiger partial charge in [-0.2, -0.15) is 0 Å². The van der Waals surface area contributed by atoms with E-state index in [4.69, 9.17) is 5.73 Å². The van der Waals surface area contributed by atoms with Crippen molar-refractivity contribution < 1.29 is 4.79 Å². The van der Waals surface area contributed by atoms with E-state index in [1.54, 1.807) is 6.20 Å². The number of hydrogen-bond donors (Lipinski definition) is 1. The van der Waals surface area contributed by atoms with Gasteiger partial charge in [0, 0.05) is 30.9 Å². The Bertz CT molecular complexity index is 442. The molecule has 0 unspecified atom stereocenters. The second kappa shape index (κ2) is 5.29. The molecule has 3 rings (SSSR count). The first-order valence-corrected chi connectivity index (χ1v) is 7.24. The number of likely N-dealkylation sites (tertiary alicyclic amines) is 1. The highest BCUT2D eigenvalue weighted by Crippen LogP contribution is 2.37. The summed E-state index contributed by atoms with van der Waals surface area (Å²) in [5, 5.41) is 0. The van der Waals surface area contributed by atoms with Gasteiger partial charge in [-0.15, -0.1) is 0 Å². The zero-order valence-corrected chi connectivity index (χ0v) is 11.2. The van der Waals surface area contributed by atoms with Crippen molar-refractivity contribution in [2.24, 2.45) is 5.73 Å². The van der Waals surface area contributed by atoms with Gasteiger partial charge in [0.15, 0.2) is 0 Å². The van der Waals surface area contributed by atoms with Crippen LogP contribution >= 0.6 is 0 Å². The number of pyridine rings is 1. The monoisotopic (exact) mass is 259 g/mol. The molecule has 1 aliphatic carbocycles. The minimum atomic E-state index is -0.0985. The molecule has 19 heavy (non-hydrogen) atoms. The Morgan fingerprint density at radius 1 is 1.26 bits per heavy atom. The fourth-order valence-corrected chi connectivity index (χ4v) is 3.53. The van der Waals surface area contributed by atoms with Crippen LogP contribution in [0.15, 0.2) is 24.5 Å². The van der Waals surface area contributed by atoms with Gasteiger partial charge in [0.2, 0.25) is 5.91 Å². The van der Waals surface area contributed by atoms with Gasteiger partial charge in [-0.05, 0) is 24.5 Å². The Kier molecular flexibility index (Phi) is 3.51. The minimum Gasteiger partial charge on any atom is -0.331 e. The van der Waals surface area contributed by atoms with Crippen LogP contribution < -0.4 is 5.73 Å². The third-order valence-corrected chi connectivity index (χ3v) is 4.40. The molecule has 2 N–H and O–H groups in total. The second-order valence-electron chi connectivity index (χ2n) is 5.69. The molecule has 4 heteroatoms. The number of nitrogens with zero attached hydrogens (tertiary/aromatic N) is 2. The quantitative estimate of drug-likeness (QED) is 0.884. The number of aromatic nitrogens is 1. The maximum Gasteiger partial charge on any atom is 0.225 e. The highest BCUT2D eigenvalue weighted by Gasteiger charge is 2.42. The topological polar surface area (TPSA) is 59.2 Å². The molecule has 0 spiro atoms. The summed E-state index contributed by atoms with van der Waals surface area (Å²) in [6.07, 6.45) is 10.1. The lowest BCUT2D eigenvalue weighted by atomic mass is 9.92. The molecule has 1 amide bonds. The van der Waals surface area contributed by atoms with Gasteiger partial charge in [0.05, 0.1) is 6.04 Å². The lowest BCUT2D eigenvalue weighted by molar-refractivity contribution is -0.132. The van der Waals surface area contributed by atoms with Crippen LogP contribution in [0.25, 0.3) is 0 Å². The average Bonchev–Trinajstić information content (AvgIpc) is 2.75. The molecule has 2 fully saturated rings. The molecule has 0 bridgehead atoms. The predicted molar refractivity (Wildman–Crippen MR) is 73.3 cm³/mol. The molecular formula is C15H21N3O. The van der Waals surface area contributed by atoms with Crippen molar-refractivity contribution in [1.29, 1.82) is 0 Å². The zero-order valence-electron chi connectivity index (χ0n) is 11.2. The number of nitrogens with two attached hydrogens (primary N) is 1. The van der Waals surface area contributed by atoms with Gasteiger partial charge in [-0.1, -0.05) is 25.3 Å². The largest absolute Gasteiger partial charge is 0.331 e. The van der Waals surface area contributed by atoms with Gasteiger partial charge in [-0.25, -0.2) is 0 Å². The summed E-state index contributed by atoms with van der Waals surface area (Å²) >= 11 is 0. The van der Waals surface area contributed by atoms with E-state index in [1.165, 1.54) is 19.3 Å². The van der Waals surface area contributed by atoms with Crippen molar-refractivity contribution in [2.45, 2.75) is 56.7 Å². The maximum absolute atomic E-state index is 12.3. The first-order chi connectivity index (χ1) is 9.27. The molecule has 1 aliphatic heterocycles. The normalized spacial score (nSPS) is 28.9. The number of rotatable bonds is 2. The smallest absolute Gasteiger partial charge is 0.225 e. The predicted octanol–water partition coefficient (Wildman–Crippen LogP) is 2.01. The summed E-state index contributed by atoms with van der Waals surface area (Å²) in [6.45, 7) is 0. The Labute approximate surface area is 114 Å². The summed E-state index contributed by atoms with van der Waals surface area (Å²) in [5.74, 6) is 0.216. The van der Waals surface area contributed by atoms with Gasteiger partial charge >= 0.3 is 0 Å². The van der Waals surface area contributed by atoms with E-state index in [1.807, 2.05) is 18.3 Å². The van der Waals surface area contributed by atoms with E-state index in [-0.39, 0.29) is 18.0 Å². The zero-order chi connectivity index (χ0) is 13.2. The average molecular weight is 259 g/mol. The molecule has 2 heterocycles. The summed E-state index contributed by atoms with van der Waals surface area (Å²) in [4.78, 5) is 18.5. The summed E-state index contributed by atoms with van der Waals surface area (Å²) in [5.41, 5.74) is 7.28. The standard InChI is InChI=1S/C15H21N3O/c16-13-9-14(19)18(12-6-2-1-3-7-12)15(13)11-5-4-8-17-10-11/h4-5,8,10,12-13,15H,1-3,6-7,9,16H2/t13-,15+/m0/s1. The van der Waals surface area contributed by atoms with Crippen LogP contribution in [0.5, 0.6) is 0 Å². The van der Waals surface area contributed by atoms with Crippen LogP contribution in [0, 0.1) is 0 Å². The first-order valence-electron chi connectivity index (χ1n) is 7.24. The third-order valence-electron chi connectivity index (χ3n) is 4.40. The minimum absolute atomic E-state index is 0.0179. The van der Waals surface area contributed by atoms with Gasteiger partial charge in [0.1, 0.15) is 0 Å². The van der Waals surface area contributed by atoms with E-state index in [0.29, 0.717) is 12.5 Å². The molecule has 0 aromatic carbocycles. The number of carbonyl (C=O) groups excluding carboxylic acids is 1. The first kappa shape index (κ1) is 12.6. The Hall–Kier alpha value is -1.42. The molecule has 1 aromatic rings. The molecule has 4 nitrogen and oxygen atoms in total. The molecule has 1 saturated carbocycles. The molecule has 1 saturated heterocycles. The lowest BCUT2D eigenvalue weighted by Crippen LogP contribution is -2.41. The maximum atomic E-state index is 12.3. The highest BCUT2D eigenvalue weighted by atomic mass is 16.2. The van der Waals surface area contributed by atoms with Crippen molar-refractivity contribution in [3.05, 3.63) is 30.1 Å². The van der Waals surface area contributed by atoms with Crippen LogP contribution in [0.4, 0.5) is 0 Å². The molecule has 1 aromatic heterocycles. The summed E-state index contributed by atoms with van der Waals surface area (Å²) in [7, 11) is 0. The van der Waals surface area contributed by atoms with Crippen molar-refractivity contribution in [3.63, 3.8) is 0 Å². The van der Waals surface area contributed by atoms with Gasteiger partial charge in [-0.3, -0.25) is 9.78 Å². The fourth-order valence-electron chi connectivity index (χ4n) is 3.53. The van der Waals surface area contributed by atoms with Gasteiger partial charge in [0.25, 0.3) is 0 Å². The SMILES string of the molecule is N[C@H]1CC(=O)N(C2CCCCC2)[C@@H]1c1cccnc1. The summed E-state index contributed by atoms with van der Waals surface area (Å²) in [6, 6.07) is 4.25. The Morgan fingerprint density at radius 3 is 2.74 bits per heavy atom. The third kappa shape index (κ3) is 2.37. The second-order valence-corrected chi connectivity index (χ2v) is 5.69. The number of amides is 1. The molecule has 2 atom stereocenters. The van der Waals surface area contributed by atoms with E-state index in [2.05, 4.69) is 9.88 Å². The van der Waals surface area contributed by atoms with Crippen molar-refractivity contribution in [3.8, 4) is 0 Å². The fraction of sp³-hybridized carbons (Fsp3) is 0.600. The molecule has 102 valence electrons. The Morgan fingerprint density at radius 2 is 2.05 bits per heavy atom. The van der Waals surface area contributed by atoms with E-state index in [9.17, 15) is 4.79 Å². The number of carbonyl (C=O) groups is 1. The number of hydrogen-bond acceptors (Lipinski definition) is 3. The highest BCUT2D eigenvalue weighted by molar-refractivity contribution is 5.80. The van der Waals surface area contributed by atoms with Crippen molar-refractivity contribution in [1.82, 2.24) is 9.88 Å². The van der Waals surface area contributed by atoms with Crippen molar-refractivity contribution in [2.75, 3.05) is 0 Å². The van der Waals surface area contributed by atoms with Crippen LogP contribution in [-0.2, 0) is 4.79 Å². The van der Waals surface area contributed by atoms with Gasteiger partial charge < -0.3 is 10.6 Å². The molecule has 2 aliphatic rings. The van der Waals surface area contributed by atoms with E-state index in [0.717, 1.165) is 18.4 Å². The van der Waals surface area contributed by atoms with E-state index < -0.39 is 0 Å². The lowest BCUT2D eigenvalue weighted by Gasteiger charge is -2.36. The molecule has 0 radical (unpaired) electrons. The van der Waals surface area contributed by atoms with Crippen LogP contribution in [-0.4, -0.2) is 27.9 Å². The van der Waals surface area contributed by atoms with Crippen LogP contribution in [0.2, 0.25) is 0 Å². The van der Waals surface area contributed by atoms with E-state index >= 15 is 0 Å².